The molecule has 1 aromatic heterocycles. The van der Waals surface area contributed by atoms with Gasteiger partial charge in [0.25, 0.3) is 10.0 Å². The van der Waals surface area contributed by atoms with Gasteiger partial charge in [-0.1, -0.05) is 54.1 Å². The molecule has 1 N–H and O–H groups in total. The van der Waals surface area contributed by atoms with Gasteiger partial charge in [0.2, 0.25) is 0 Å². The molecule has 28 heavy (non-hydrogen) atoms. The largest absolute Gasteiger partial charge is 0.279 e. The van der Waals surface area contributed by atoms with Gasteiger partial charge in [-0.05, 0) is 49.7 Å². The average molecular weight is 388 g/mol. The van der Waals surface area contributed by atoms with Crippen molar-refractivity contribution in [2.75, 3.05) is 4.72 Å². The minimum absolute atomic E-state index is 0.232. The van der Waals surface area contributed by atoms with Gasteiger partial charge in [-0.2, -0.15) is 0 Å². The van der Waals surface area contributed by atoms with Crippen LogP contribution in [-0.2, 0) is 10.0 Å². The van der Waals surface area contributed by atoms with Gasteiger partial charge >= 0.3 is 0 Å². The SMILES string of the molecule is Cc1ccc(S(=O)(=O)Nc2ccccc2-c2cc(C)c3ccccc3n2)cc1. The summed E-state index contributed by atoms with van der Waals surface area (Å²) in [7, 11) is -3.69. The smallest absolute Gasteiger partial charge is 0.261 e. The highest BCUT2D eigenvalue weighted by molar-refractivity contribution is 7.92. The minimum atomic E-state index is -3.69. The Hall–Kier alpha value is -3.18. The van der Waals surface area contributed by atoms with Crippen molar-refractivity contribution in [1.29, 1.82) is 0 Å². The Bertz CT molecular complexity index is 1260. The topological polar surface area (TPSA) is 59.1 Å². The van der Waals surface area contributed by atoms with E-state index in [1.807, 2.05) is 62.4 Å². The molecule has 4 nitrogen and oxygen atoms in total. The molecule has 0 saturated heterocycles. The summed E-state index contributed by atoms with van der Waals surface area (Å²) >= 11 is 0. The van der Waals surface area contributed by atoms with Gasteiger partial charge in [0.15, 0.2) is 0 Å². The Morgan fingerprint density at radius 2 is 1.50 bits per heavy atom. The molecule has 0 atom stereocenters. The number of fused-ring (bicyclic) bond motifs is 1. The number of hydrogen-bond acceptors (Lipinski definition) is 3. The third kappa shape index (κ3) is 3.49. The van der Waals surface area contributed by atoms with Gasteiger partial charge in [-0.3, -0.25) is 4.72 Å². The number of rotatable bonds is 4. The van der Waals surface area contributed by atoms with Crippen molar-refractivity contribution < 1.29 is 8.42 Å². The van der Waals surface area contributed by atoms with Gasteiger partial charge < -0.3 is 0 Å². The molecule has 1 heterocycles. The second-order valence-electron chi connectivity index (χ2n) is 6.81. The van der Waals surface area contributed by atoms with E-state index in [9.17, 15) is 8.42 Å². The fraction of sp³-hybridized carbons (Fsp3) is 0.0870. The van der Waals surface area contributed by atoms with Gasteiger partial charge in [0, 0.05) is 10.9 Å². The summed E-state index contributed by atoms with van der Waals surface area (Å²) < 4.78 is 28.4. The second-order valence-corrected chi connectivity index (χ2v) is 8.49. The van der Waals surface area contributed by atoms with Gasteiger partial charge in [-0.15, -0.1) is 0 Å². The summed E-state index contributed by atoms with van der Waals surface area (Å²) in [4.78, 5) is 4.98. The molecule has 0 unspecified atom stereocenters. The third-order valence-electron chi connectivity index (χ3n) is 4.70. The first kappa shape index (κ1) is 18.2. The van der Waals surface area contributed by atoms with Crippen LogP contribution in [0.15, 0.2) is 83.8 Å². The third-order valence-corrected chi connectivity index (χ3v) is 6.08. The molecule has 0 amide bonds. The van der Waals surface area contributed by atoms with Crippen molar-refractivity contribution in [3.8, 4) is 11.3 Å². The second kappa shape index (κ2) is 7.09. The molecule has 0 aliphatic carbocycles. The number of pyridine rings is 1. The molecule has 5 heteroatoms. The normalized spacial score (nSPS) is 11.5. The number of nitrogens with zero attached hydrogens (tertiary/aromatic N) is 1. The molecule has 0 saturated carbocycles. The maximum Gasteiger partial charge on any atom is 0.261 e. The zero-order valence-electron chi connectivity index (χ0n) is 15.7. The predicted octanol–water partition coefficient (Wildman–Crippen LogP) is 5.32. The predicted molar refractivity (Wildman–Crippen MR) is 114 cm³/mol. The molecule has 140 valence electrons. The van der Waals surface area contributed by atoms with Crippen LogP contribution in [0.3, 0.4) is 0 Å². The number of benzene rings is 3. The van der Waals surface area contributed by atoms with Crippen molar-refractivity contribution >= 4 is 26.6 Å². The van der Waals surface area contributed by atoms with E-state index in [2.05, 4.69) is 4.72 Å². The van der Waals surface area contributed by atoms with Crippen LogP contribution < -0.4 is 4.72 Å². The number of aryl methyl sites for hydroxylation is 2. The summed E-state index contributed by atoms with van der Waals surface area (Å²) in [5.74, 6) is 0. The number of hydrogen-bond donors (Lipinski definition) is 1. The van der Waals surface area contributed by atoms with Crippen LogP contribution >= 0.6 is 0 Å². The van der Waals surface area contributed by atoms with Gasteiger partial charge in [-0.25, -0.2) is 13.4 Å². The van der Waals surface area contributed by atoms with Crippen LogP contribution in [0.25, 0.3) is 22.2 Å². The molecule has 0 radical (unpaired) electrons. The van der Waals surface area contributed by atoms with E-state index >= 15 is 0 Å². The minimum Gasteiger partial charge on any atom is -0.279 e. The Morgan fingerprint density at radius 3 is 2.29 bits per heavy atom. The Labute approximate surface area is 164 Å². The molecular formula is C23H20N2O2S. The maximum atomic E-state index is 12.8. The van der Waals surface area contributed by atoms with Crippen LogP contribution in [-0.4, -0.2) is 13.4 Å². The molecular weight excluding hydrogens is 368 g/mol. The first-order valence-electron chi connectivity index (χ1n) is 8.99. The lowest BCUT2D eigenvalue weighted by Crippen LogP contribution is -2.13. The van der Waals surface area contributed by atoms with E-state index in [1.54, 1.807) is 30.3 Å². The highest BCUT2D eigenvalue weighted by atomic mass is 32.2. The molecule has 0 aliphatic rings. The Morgan fingerprint density at radius 1 is 0.821 bits per heavy atom. The van der Waals surface area contributed by atoms with Crippen molar-refractivity contribution in [1.82, 2.24) is 4.98 Å². The van der Waals surface area contributed by atoms with E-state index in [0.29, 0.717) is 5.69 Å². The molecule has 0 spiro atoms. The van der Waals surface area contributed by atoms with E-state index in [0.717, 1.165) is 33.3 Å². The zero-order valence-corrected chi connectivity index (χ0v) is 16.5. The number of aromatic nitrogens is 1. The van der Waals surface area contributed by atoms with Crippen molar-refractivity contribution in [2.24, 2.45) is 0 Å². The fourth-order valence-corrected chi connectivity index (χ4v) is 4.28. The lowest BCUT2D eigenvalue weighted by molar-refractivity contribution is 0.601. The standard InChI is InChI=1S/C23H20N2O2S/c1-16-11-13-18(14-12-16)28(26,27)25-22-10-6-4-8-20(22)23-15-17(2)19-7-3-5-9-21(19)24-23/h3-15,25H,1-2H3. The first-order chi connectivity index (χ1) is 13.4. The molecule has 0 aliphatic heterocycles. The van der Waals surface area contributed by atoms with E-state index in [1.165, 1.54) is 0 Å². The Balaban J connectivity index is 1.79. The summed E-state index contributed by atoms with van der Waals surface area (Å²) in [5, 5.41) is 1.09. The monoisotopic (exact) mass is 388 g/mol. The molecule has 0 bridgehead atoms. The van der Waals surface area contributed by atoms with E-state index < -0.39 is 10.0 Å². The molecule has 4 aromatic rings. The lowest BCUT2D eigenvalue weighted by Gasteiger charge is -2.14. The van der Waals surface area contributed by atoms with Gasteiger partial charge in [0.1, 0.15) is 0 Å². The lowest BCUT2D eigenvalue weighted by atomic mass is 10.0. The summed E-state index contributed by atoms with van der Waals surface area (Å²) in [5.41, 5.74) is 4.97. The zero-order chi connectivity index (χ0) is 19.7. The van der Waals surface area contributed by atoms with Crippen molar-refractivity contribution in [3.63, 3.8) is 0 Å². The van der Waals surface area contributed by atoms with Crippen molar-refractivity contribution in [2.45, 2.75) is 18.7 Å². The molecule has 4 rings (SSSR count). The number of sulfonamides is 1. The van der Waals surface area contributed by atoms with Crippen LogP contribution in [0.4, 0.5) is 5.69 Å². The highest BCUT2D eigenvalue weighted by Gasteiger charge is 2.17. The summed E-state index contributed by atoms with van der Waals surface area (Å²) in [6.45, 7) is 3.96. The Kier molecular flexibility index (Phi) is 4.61. The van der Waals surface area contributed by atoms with Crippen LogP contribution in [0, 0.1) is 13.8 Å². The van der Waals surface area contributed by atoms with E-state index in [4.69, 9.17) is 4.98 Å². The van der Waals surface area contributed by atoms with Crippen LogP contribution in [0.1, 0.15) is 11.1 Å². The van der Waals surface area contributed by atoms with Crippen molar-refractivity contribution in [3.05, 3.63) is 90.0 Å². The number of para-hydroxylation sites is 2. The number of nitrogens with one attached hydrogen (secondary N) is 1. The summed E-state index contributed by atoms with van der Waals surface area (Å²) in [6.07, 6.45) is 0. The quantitative estimate of drug-likeness (QED) is 0.515. The van der Waals surface area contributed by atoms with Crippen LogP contribution in [0.5, 0.6) is 0 Å². The van der Waals surface area contributed by atoms with Crippen LogP contribution in [0.2, 0.25) is 0 Å². The average Bonchev–Trinajstić information content (AvgIpc) is 2.68. The maximum absolute atomic E-state index is 12.8. The molecule has 3 aromatic carbocycles. The number of anilines is 1. The van der Waals surface area contributed by atoms with Gasteiger partial charge in [0.05, 0.1) is 21.8 Å². The molecule has 0 fully saturated rings. The first-order valence-corrected chi connectivity index (χ1v) is 10.5. The fourth-order valence-electron chi connectivity index (χ4n) is 3.20. The highest BCUT2D eigenvalue weighted by Crippen LogP contribution is 2.31. The summed E-state index contributed by atoms with van der Waals surface area (Å²) in [6, 6.07) is 24.0. The van der Waals surface area contributed by atoms with E-state index in [-0.39, 0.29) is 4.90 Å².